The van der Waals surface area contributed by atoms with E-state index in [0.717, 1.165) is 58.5 Å². The molecule has 5 aliphatic rings. The standard InChI is InChI=1S/C20H25N5O3S/c1-2-13-7-14-15(29-13)3-6-27-20(14)4-5-24-9-12-10-25(11-12)19(26)17-18(23-28-22-17)21-16(24)8-20/h7,12,16H,2-6,8-11H2,1H3,(H,21,23)/t16-,20?/m1/s1. The molecule has 1 unspecified atom stereocenters. The molecule has 29 heavy (non-hydrogen) atoms. The van der Waals surface area contributed by atoms with Crippen molar-refractivity contribution in [2.45, 2.75) is 44.4 Å². The highest BCUT2D eigenvalue weighted by Gasteiger charge is 2.48. The number of carbonyl (C=O) groups is 1. The van der Waals surface area contributed by atoms with Crippen LogP contribution in [0, 0.1) is 5.92 Å². The summed E-state index contributed by atoms with van der Waals surface area (Å²) in [6.07, 6.45) is 3.93. The van der Waals surface area contributed by atoms with Gasteiger partial charge in [0.15, 0.2) is 0 Å². The van der Waals surface area contributed by atoms with Gasteiger partial charge >= 0.3 is 0 Å². The Morgan fingerprint density at radius 3 is 3.10 bits per heavy atom. The summed E-state index contributed by atoms with van der Waals surface area (Å²) in [5, 5.41) is 11.4. The maximum Gasteiger partial charge on any atom is 0.280 e. The molecule has 2 aromatic heterocycles. The molecule has 1 amide bonds. The van der Waals surface area contributed by atoms with Crippen molar-refractivity contribution in [1.29, 1.82) is 0 Å². The van der Waals surface area contributed by atoms with E-state index in [9.17, 15) is 4.79 Å². The molecule has 5 aliphatic heterocycles. The summed E-state index contributed by atoms with van der Waals surface area (Å²) in [5.74, 6) is 0.864. The van der Waals surface area contributed by atoms with Gasteiger partial charge in [-0.2, -0.15) is 0 Å². The largest absolute Gasteiger partial charge is 0.370 e. The molecule has 2 bridgehead atoms. The van der Waals surface area contributed by atoms with Crippen molar-refractivity contribution in [2.24, 2.45) is 5.92 Å². The Balaban J connectivity index is 1.36. The molecule has 1 spiro atoms. The van der Waals surface area contributed by atoms with Crippen molar-refractivity contribution >= 4 is 23.1 Å². The number of fused-ring (bicyclic) bond motifs is 2. The van der Waals surface area contributed by atoms with Crippen molar-refractivity contribution in [2.75, 3.05) is 38.1 Å². The van der Waals surface area contributed by atoms with E-state index in [2.05, 4.69) is 33.5 Å². The predicted octanol–water partition coefficient (Wildman–Crippen LogP) is 2.08. The first kappa shape index (κ1) is 17.9. The first-order valence-electron chi connectivity index (χ1n) is 10.5. The molecule has 0 aliphatic carbocycles. The minimum absolute atomic E-state index is 0.0327. The normalized spacial score (nSPS) is 31.5. The number of nitrogens with zero attached hydrogens (tertiary/aromatic N) is 4. The zero-order chi connectivity index (χ0) is 19.6. The molecular weight excluding hydrogens is 390 g/mol. The van der Waals surface area contributed by atoms with Gasteiger partial charge in [0.2, 0.25) is 11.5 Å². The number of nitrogens with one attached hydrogen (secondary N) is 1. The van der Waals surface area contributed by atoms with Crippen molar-refractivity contribution in [3.63, 3.8) is 0 Å². The van der Waals surface area contributed by atoms with Crippen LogP contribution in [0.4, 0.5) is 5.82 Å². The second-order valence-corrected chi connectivity index (χ2v) is 9.86. The van der Waals surface area contributed by atoms with Crippen LogP contribution in [0.3, 0.4) is 0 Å². The topological polar surface area (TPSA) is 83.7 Å². The van der Waals surface area contributed by atoms with Gasteiger partial charge in [-0.1, -0.05) is 6.92 Å². The second-order valence-electron chi connectivity index (χ2n) is 8.64. The maximum absolute atomic E-state index is 12.7. The Bertz CT molecular complexity index is 952. The quantitative estimate of drug-likeness (QED) is 0.763. The molecule has 2 atom stereocenters. The van der Waals surface area contributed by atoms with Crippen molar-refractivity contribution in [3.8, 4) is 0 Å². The van der Waals surface area contributed by atoms with E-state index in [4.69, 9.17) is 9.37 Å². The lowest BCUT2D eigenvalue weighted by Crippen LogP contribution is -2.60. The number of aromatic nitrogens is 2. The Morgan fingerprint density at radius 2 is 2.24 bits per heavy atom. The average Bonchev–Trinajstić information content (AvgIpc) is 3.33. The molecule has 1 N–H and O–H groups in total. The molecule has 7 rings (SSSR count). The maximum atomic E-state index is 12.7. The Labute approximate surface area is 173 Å². The highest BCUT2D eigenvalue weighted by molar-refractivity contribution is 7.12. The van der Waals surface area contributed by atoms with E-state index in [1.807, 2.05) is 16.2 Å². The summed E-state index contributed by atoms with van der Waals surface area (Å²) < 4.78 is 11.4. The smallest absolute Gasteiger partial charge is 0.280 e. The van der Waals surface area contributed by atoms with Gasteiger partial charge in [0.1, 0.15) is 0 Å². The number of aryl methyl sites for hydroxylation is 1. The van der Waals surface area contributed by atoms with Crippen LogP contribution in [0.2, 0.25) is 0 Å². The summed E-state index contributed by atoms with van der Waals surface area (Å²) in [4.78, 5) is 19.9. The van der Waals surface area contributed by atoms with Crippen LogP contribution in [-0.4, -0.2) is 65.0 Å². The lowest BCUT2D eigenvalue weighted by Gasteiger charge is -2.51. The number of carbonyl (C=O) groups excluding carboxylic acids is 1. The summed E-state index contributed by atoms with van der Waals surface area (Å²) in [7, 11) is 0. The fourth-order valence-electron chi connectivity index (χ4n) is 5.32. The monoisotopic (exact) mass is 415 g/mol. The predicted molar refractivity (Wildman–Crippen MR) is 107 cm³/mol. The van der Waals surface area contributed by atoms with Crippen molar-refractivity contribution in [1.82, 2.24) is 20.1 Å². The van der Waals surface area contributed by atoms with E-state index < -0.39 is 0 Å². The molecule has 0 aromatic carbocycles. The lowest BCUT2D eigenvalue weighted by atomic mass is 9.80. The minimum Gasteiger partial charge on any atom is -0.370 e. The summed E-state index contributed by atoms with van der Waals surface area (Å²) in [6.45, 7) is 6.49. The molecule has 0 radical (unpaired) electrons. The summed E-state index contributed by atoms with van der Waals surface area (Å²) in [5.41, 5.74) is 1.41. The number of piperidine rings is 1. The number of rotatable bonds is 1. The Morgan fingerprint density at radius 1 is 1.34 bits per heavy atom. The fourth-order valence-corrected chi connectivity index (χ4v) is 6.50. The van der Waals surface area contributed by atoms with Gasteiger partial charge in [-0.3, -0.25) is 9.69 Å². The van der Waals surface area contributed by atoms with E-state index in [-0.39, 0.29) is 17.7 Å². The van der Waals surface area contributed by atoms with Crippen LogP contribution in [0.1, 0.15) is 45.6 Å². The molecule has 154 valence electrons. The number of thiophene rings is 1. The first-order valence-corrected chi connectivity index (χ1v) is 11.4. The molecule has 2 fully saturated rings. The summed E-state index contributed by atoms with van der Waals surface area (Å²) >= 11 is 1.94. The second kappa shape index (κ2) is 6.52. The number of anilines is 1. The van der Waals surface area contributed by atoms with Crippen LogP contribution in [0.25, 0.3) is 0 Å². The van der Waals surface area contributed by atoms with Gasteiger partial charge in [-0.05, 0) is 34.8 Å². The number of hydrogen-bond acceptors (Lipinski definition) is 8. The Hall–Kier alpha value is -1.97. The van der Waals surface area contributed by atoms with Gasteiger partial charge in [0.25, 0.3) is 5.91 Å². The van der Waals surface area contributed by atoms with Crippen LogP contribution >= 0.6 is 11.3 Å². The fraction of sp³-hybridized carbons (Fsp3) is 0.650. The van der Waals surface area contributed by atoms with Gasteiger partial charge in [-0.15, -0.1) is 11.3 Å². The molecular formula is C20H25N5O3S. The zero-order valence-corrected chi connectivity index (χ0v) is 17.3. The van der Waals surface area contributed by atoms with Gasteiger partial charge in [-0.25, -0.2) is 4.63 Å². The third-order valence-corrected chi connectivity index (χ3v) is 8.24. The van der Waals surface area contributed by atoms with Gasteiger partial charge < -0.3 is 15.0 Å². The first-order chi connectivity index (χ1) is 14.1. The SMILES string of the molecule is CCc1cc2c(s1)CCOC21CCN2CC3CN(C3)C(=O)c3nonc3N[C@H]2C1. The third kappa shape index (κ3) is 2.74. The van der Waals surface area contributed by atoms with E-state index in [0.29, 0.717) is 17.4 Å². The zero-order valence-electron chi connectivity index (χ0n) is 16.5. The number of amides is 1. The van der Waals surface area contributed by atoms with Crippen LogP contribution in [0.5, 0.6) is 0 Å². The van der Waals surface area contributed by atoms with E-state index in [1.54, 1.807) is 0 Å². The summed E-state index contributed by atoms with van der Waals surface area (Å²) in [6, 6.07) is 2.37. The molecule has 2 aromatic rings. The van der Waals surface area contributed by atoms with Gasteiger partial charge in [0, 0.05) is 54.7 Å². The number of hydrogen-bond donors (Lipinski definition) is 1. The van der Waals surface area contributed by atoms with Gasteiger partial charge in [0.05, 0.1) is 18.4 Å². The van der Waals surface area contributed by atoms with Crippen molar-refractivity contribution < 1.29 is 14.2 Å². The molecule has 0 saturated carbocycles. The minimum atomic E-state index is -0.261. The molecule has 2 saturated heterocycles. The van der Waals surface area contributed by atoms with Crippen LogP contribution < -0.4 is 5.32 Å². The lowest BCUT2D eigenvalue weighted by molar-refractivity contribution is -0.113. The highest BCUT2D eigenvalue weighted by atomic mass is 32.1. The average molecular weight is 416 g/mol. The Kier molecular flexibility index (Phi) is 4.01. The van der Waals surface area contributed by atoms with E-state index >= 15 is 0 Å². The molecule has 7 heterocycles. The van der Waals surface area contributed by atoms with Crippen LogP contribution in [-0.2, 0) is 23.2 Å². The van der Waals surface area contributed by atoms with Crippen LogP contribution in [0.15, 0.2) is 10.7 Å². The third-order valence-electron chi connectivity index (χ3n) is 6.91. The molecule has 8 nitrogen and oxygen atoms in total. The highest BCUT2D eigenvalue weighted by Crippen LogP contribution is 2.46. The van der Waals surface area contributed by atoms with Crippen molar-refractivity contribution in [3.05, 3.63) is 27.1 Å². The molecule has 9 heteroatoms. The number of ether oxygens (including phenoxy) is 1. The van der Waals surface area contributed by atoms with E-state index in [1.165, 1.54) is 15.3 Å².